The van der Waals surface area contributed by atoms with Crippen molar-refractivity contribution in [3.8, 4) is 0 Å². The molecule has 1 fully saturated rings. The maximum Gasteiger partial charge on any atom is 0.132 e. The van der Waals surface area contributed by atoms with Crippen molar-refractivity contribution in [1.82, 2.24) is 9.97 Å². The summed E-state index contributed by atoms with van der Waals surface area (Å²) in [5.74, 6) is 2.62. The van der Waals surface area contributed by atoms with Gasteiger partial charge in [0.05, 0.1) is 0 Å². The van der Waals surface area contributed by atoms with Gasteiger partial charge in [0, 0.05) is 18.7 Å². The molecule has 0 bridgehead atoms. The lowest BCUT2D eigenvalue weighted by molar-refractivity contribution is 0.748. The standard InChI is InChI=1S/C18H24N4/c1-13-7-9-15(10-8-13)12-19-17-11-18(21-14(2)20-17)22-16-5-3-4-6-16/h7-11,16H,3-6,12H2,1-2H3,(H2,19,20,21,22). The number of aryl methyl sites for hydroxylation is 2. The van der Waals surface area contributed by atoms with Gasteiger partial charge in [0.15, 0.2) is 0 Å². The summed E-state index contributed by atoms with van der Waals surface area (Å²) in [5, 5.41) is 6.93. The monoisotopic (exact) mass is 296 g/mol. The van der Waals surface area contributed by atoms with Crippen LogP contribution in [0.5, 0.6) is 0 Å². The SMILES string of the molecule is Cc1ccc(CNc2cc(NC3CCCC3)nc(C)n2)cc1. The summed E-state index contributed by atoms with van der Waals surface area (Å²) in [6.07, 6.45) is 5.13. The Labute approximate surface area is 132 Å². The molecule has 2 N–H and O–H groups in total. The van der Waals surface area contributed by atoms with Crippen LogP contribution in [-0.2, 0) is 6.54 Å². The molecule has 0 unspecified atom stereocenters. The Hall–Kier alpha value is -2.10. The molecule has 116 valence electrons. The number of anilines is 2. The zero-order valence-corrected chi connectivity index (χ0v) is 13.4. The van der Waals surface area contributed by atoms with Gasteiger partial charge in [0.2, 0.25) is 0 Å². The van der Waals surface area contributed by atoms with Crippen LogP contribution < -0.4 is 10.6 Å². The highest BCUT2D eigenvalue weighted by Gasteiger charge is 2.15. The Bertz CT molecular complexity index is 615. The number of hydrogen-bond donors (Lipinski definition) is 2. The van der Waals surface area contributed by atoms with Crippen molar-refractivity contribution in [2.24, 2.45) is 0 Å². The van der Waals surface area contributed by atoms with Crippen molar-refractivity contribution in [3.05, 3.63) is 47.3 Å². The molecule has 1 aromatic heterocycles. The van der Waals surface area contributed by atoms with Crippen molar-refractivity contribution >= 4 is 11.6 Å². The maximum atomic E-state index is 4.50. The van der Waals surface area contributed by atoms with Gasteiger partial charge in [-0.15, -0.1) is 0 Å². The van der Waals surface area contributed by atoms with Crippen LogP contribution in [0.2, 0.25) is 0 Å². The second-order valence-electron chi connectivity index (χ2n) is 6.15. The third-order valence-corrected chi connectivity index (χ3v) is 4.14. The third-order valence-electron chi connectivity index (χ3n) is 4.14. The Kier molecular flexibility index (Phi) is 4.56. The van der Waals surface area contributed by atoms with Crippen LogP contribution in [0.3, 0.4) is 0 Å². The molecule has 22 heavy (non-hydrogen) atoms. The van der Waals surface area contributed by atoms with Crippen LogP contribution in [0.25, 0.3) is 0 Å². The fraction of sp³-hybridized carbons (Fsp3) is 0.444. The van der Waals surface area contributed by atoms with Crippen LogP contribution in [-0.4, -0.2) is 16.0 Å². The van der Waals surface area contributed by atoms with E-state index in [1.165, 1.54) is 36.8 Å². The van der Waals surface area contributed by atoms with Gasteiger partial charge >= 0.3 is 0 Å². The lowest BCUT2D eigenvalue weighted by Crippen LogP contribution is -2.16. The van der Waals surface area contributed by atoms with Crippen LogP contribution in [0.1, 0.15) is 42.6 Å². The van der Waals surface area contributed by atoms with Gasteiger partial charge in [-0.05, 0) is 32.3 Å². The Balaban J connectivity index is 1.65. The molecule has 0 radical (unpaired) electrons. The number of aromatic nitrogens is 2. The van der Waals surface area contributed by atoms with E-state index in [0.717, 1.165) is 24.0 Å². The molecule has 0 saturated heterocycles. The van der Waals surface area contributed by atoms with E-state index in [1.54, 1.807) is 0 Å². The lowest BCUT2D eigenvalue weighted by atomic mass is 10.1. The van der Waals surface area contributed by atoms with Crippen molar-refractivity contribution in [3.63, 3.8) is 0 Å². The quantitative estimate of drug-likeness (QED) is 0.873. The van der Waals surface area contributed by atoms with E-state index in [4.69, 9.17) is 0 Å². The minimum atomic E-state index is 0.569. The molecule has 4 nitrogen and oxygen atoms in total. The minimum Gasteiger partial charge on any atom is -0.367 e. The number of benzene rings is 1. The first-order chi connectivity index (χ1) is 10.7. The molecule has 0 amide bonds. The highest BCUT2D eigenvalue weighted by Crippen LogP contribution is 2.22. The molecular weight excluding hydrogens is 272 g/mol. The molecular formula is C18H24N4. The predicted octanol–water partition coefficient (Wildman–Crippen LogP) is 4.06. The van der Waals surface area contributed by atoms with Gasteiger partial charge in [-0.1, -0.05) is 42.7 Å². The summed E-state index contributed by atoms with van der Waals surface area (Å²) in [5.41, 5.74) is 2.54. The lowest BCUT2D eigenvalue weighted by Gasteiger charge is -2.14. The van der Waals surface area contributed by atoms with Crippen molar-refractivity contribution < 1.29 is 0 Å². The number of hydrogen-bond acceptors (Lipinski definition) is 4. The Morgan fingerprint density at radius 3 is 2.41 bits per heavy atom. The van der Waals surface area contributed by atoms with E-state index in [2.05, 4.69) is 51.8 Å². The van der Waals surface area contributed by atoms with Gasteiger partial charge in [-0.25, -0.2) is 9.97 Å². The van der Waals surface area contributed by atoms with Crippen LogP contribution in [0.15, 0.2) is 30.3 Å². The van der Waals surface area contributed by atoms with Gasteiger partial charge < -0.3 is 10.6 Å². The Morgan fingerprint density at radius 1 is 1.00 bits per heavy atom. The fourth-order valence-electron chi connectivity index (χ4n) is 2.91. The van der Waals surface area contributed by atoms with E-state index in [-0.39, 0.29) is 0 Å². The normalized spacial score (nSPS) is 15.0. The Morgan fingerprint density at radius 2 is 1.68 bits per heavy atom. The van der Waals surface area contributed by atoms with Crippen LogP contribution in [0, 0.1) is 13.8 Å². The minimum absolute atomic E-state index is 0.569. The molecule has 2 aromatic rings. The summed E-state index contributed by atoms with van der Waals surface area (Å²) < 4.78 is 0. The average molecular weight is 296 g/mol. The average Bonchev–Trinajstić information content (AvgIpc) is 2.99. The van der Waals surface area contributed by atoms with E-state index >= 15 is 0 Å². The van der Waals surface area contributed by atoms with Crippen molar-refractivity contribution in [1.29, 1.82) is 0 Å². The third kappa shape index (κ3) is 3.97. The second kappa shape index (κ2) is 6.77. The maximum absolute atomic E-state index is 4.50. The van der Waals surface area contributed by atoms with Gasteiger partial charge in [-0.2, -0.15) is 0 Å². The molecule has 1 aliphatic rings. The molecule has 3 rings (SSSR count). The first-order valence-electron chi connectivity index (χ1n) is 8.11. The smallest absolute Gasteiger partial charge is 0.132 e. The predicted molar refractivity (Wildman–Crippen MR) is 91.2 cm³/mol. The fourth-order valence-corrected chi connectivity index (χ4v) is 2.91. The second-order valence-corrected chi connectivity index (χ2v) is 6.15. The highest BCUT2D eigenvalue weighted by molar-refractivity contribution is 5.48. The summed E-state index contributed by atoms with van der Waals surface area (Å²) in [6.45, 7) is 4.82. The van der Waals surface area contributed by atoms with E-state index in [1.807, 2.05) is 13.0 Å². The van der Waals surface area contributed by atoms with E-state index in [9.17, 15) is 0 Å². The first kappa shape index (κ1) is 14.8. The summed E-state index contributed by atoms with van der Waals surface area (Å²) in [6, 6.07) is 11.1. The topological polar surface area (TPSA) is 49.8 Å². The first-order valence-corrected chi connectivity index (χ1v) is 8.11. The molecule has 4 heteroatoms. The summed E-state index contributed by atoms with van der Waals surface area (Å²) >= 11 is 0. The number of nitrogens with zero attached hydrogens (tertiary/aromatic N) is 2. The van der Waals surface area contributed by atoms with E-state index < -0.39 is 0 Å². The number of rotatable bonds is 5. The molecule has 1 aromatic carbocycles. The largest absolute Gasteiger partial charge is 0.367 e. The molecule has 1 heterocycles. The van der Waals surface area contributed by atoms with Gasteiger partial charge in [0.1, 0.15) is 17.5 Å². The van der Waals surface area contributed by atoms with Gasteiger partial charge in [-0.3, -0.25) is 0 Å². The summed E-state index contributed by atoms with van der Waals surface area (Å²) in [4.78, 5) is 8.98. The highest BCUT2D eigenvalue weighted by atomic mass is 15.1. The summed E-state index contributed by atoms with van der Waals surface area (Å²) in [7, 11) is 0. The zero-order chi connectivity index (χ0) is 15.4. The van der Waals surface area contributed by atoms with E-state index in [0.29, 0.717) is 6.04 Å². The van der Waals surface area contributed by atoms with Crippen LogP contribution >= 0.6 is 0 Å². The molecule has 0 spiro atoms. The zero-order valence-electron chi connectivity index (χ0n) is 13.4. The molecule has 1 saturated carbocycles. The molecule has 1 aliphatic carbocycles. The van der Waals surface area contributed by atoms with Crippen molar-refractivity contribution in [2.45, 2.75) is 52.1 Å². The van der Waals surface area contributed by atoms with Crippen molar-refractivity contribution in [2.75, 3.05) is 10.6 Å². The molecule has 0 aliphatic heterocycles. The number of nitrogens with one attached hydrogen (secondary N) is 2. The molecule has 0 atom stereocenters. The van der Waals surface area contributed by atoms with Gasteiger partial charge in [0.25, 0.3) is 0 Å². The van der Waals surface area contributed by atoms with Crippen LogP contribution in [0.4, 0.5) is 11.6 Å².